The zero-order valence-corrected chi connectivity index (χ0v) is 16.6. The number of rotatable bonds is 6. The number of nitrogens with zero attached hydrogens (tertiary/aromatic N) is 1. The summed E-state index contributed by atoms with van der Waals surface area (Å²) in [6.45, 7) is 0.582. The van der Waals surface area contributed by atoms with Crippen molar-refractivity contribution in [2.45, 2.75) is 6.10 Å². The van der Waals surface area contributed by atoms with Crippen molar-refractivity contribution in [2.75, 3.05) is 13.2 Å². The fourth-order valence-electron chi connectivity index (χ4n) is 3.26. The van der Waals surface area contributed by atoms with Gasteiger partial charge in [-0.3, -0.25) is 14.9 Å². The van der Waals surface area contributed by atoms with Crippen LogP contribution in [0.4, 0.5) is 5.69 Å². The molecule has 1 aliphatic heterocycles. The molecule has 7 heteroatoms. The number of hydrogen-bond acceptors (Lipinski definition) is 5. The van der Waals surface area contributed by atoms with Gasteiger partial charge in [0, 0.05) is 17.7 Å². The number of fused-ring (bicyclic) bond motifs is 1. The predicted octanol–water partition coefficient (Wildman–Crippen LogP) is 4.09. The van der Waals surface area contributed by atoms with E-state index in [4.69, 9.17) is 9.47 Å². The molecule has 1 amide bonds. The van der Waals surface area contributed by atoms with Gasteiger partial charge in [0.2, 0.25) is 0 Å². The molecule has 1 atom stereocenters. The van der Waals surface area contributed by atoms with Crippen LogP contribution < -0.4 is 14.8 Å². The highest BCUT2D eigenvalue weighted by molar-refractivity contribution is 6.24. The summed E-state index contributed by atoms with van der Waals surface area (Å²) in [5, 5.41) is 14.0. The quantitative estimate of drug-likeness (QED) is 0.283. The Labute approximate surface area is 179 Å². The zero-order valence-electron chi connectivity index (χ0n) is 16.6. The van der Waals surface area contributed by atoms with Crippen molar-refractivity contribution in [2.24, 2.45) is 0 Å². The van der Waals surface area contributed by atoms with Gasteiger partial charge in [0.25, 0.3) is 11.6 Å². The maximum absolute atomic E-state index is 13.0. The molecule has 3 aromatic carbocycles. The number of carbonyl (C=O) groups excluding carboxylic acids is 1. The Balaban J connectivity index is 1.53. The van der Waals surface area contributed by atoms with Gasteiger partial charge in [-0.1, -0.05) is 54.6 Å². The summed E-state index contributed by atoms with van der Waals surface area (Å²) in [6, 6.07) is 22.7. The van der Waals surface area contributed by atoms with Gasteiger partial charge < -0.3 is 14.8 Å². The molecule has 0 saturated heterocycles. The van der Waals surface area contributed by atoms with E-state index in [1.54, 1.807) is 18.2 Å². The van der Waals surface area contributed by atoms with Crippen LogP contribution in [-0.4, -0.2) is 30.1 Å². The fraction of sp³-hybridized carbons (Fsp3) is 0.125. The number of carbonyl (C=O) groups is 1. The average molecular weight is 416 g/mol. The van der Waals surface area contributed by atoms with Gasteiger partial charge in [-0.15, -0.1) is 0 Å². The molecule has 1 aliphatic rings. The van der Waals surface area contributed by atoms with Crippen molar-refractivity contribution in [3.8, 4) is 11.5 Å². The van der Waals surface area contributed by atoms with E-state index in [1.165, 1.54) is 12.1 Å². The Morgan fingerprint density at radius 2 is 1.77 bits per heavy atom. The van der Waals surface area contributed by atoms with Crippen LogP contribution in [0.15, 0.2) is 78.9 Å². The second-order valence-corrected chi connectivity index (χ2v) is 6.98. The van der Waals surface area contributed by atoms with Crippen LogP contribution in [0.2, 0.25) is 0 Å². The van der Waals surface area contributed by atoms with Gasteiger partial charge in [0.15, 0.2) is 11.5 Å². The number of nitro groups is 1. The van der Waals surface area contributed by atoms with Gasteiger partial charge in [0.05, 0.1) is 11.5 Å². The van der Waals surface area contributed by atoms with E-state index < -0.39 is 4.92 Å². The third-order valence-electron chi connectivity index (χ3n) is 4.78. The molecule has 4 rings (SSSR count). The molecule has 0 bridgehead atoms. The van der Waals surface area contributed by atoms with Crippen molar-refractivity contribution in [3.63, 3.8) is 0 Å². The summed E-state index contributed by atoms with van der Waals surface area (Å²) < 4.78 is 11.6. The number of non-ortho nitro benzene ring substituents is 1. The number of ether oxygens (including phenoxy) is 2. The molecule has 7 nitrogen and oxygen atoms in total. The van der Waals surface area contributed by atoms with Crippen LogP contribution in [0.5, 0.6) is 11.5 Å². The van der Waals surface area contributed by atoms with Crippen molar-refractivity contribution in [1.82, 2.24) is 5.32 Å². The first-order valence-electron chi connectivity index (χ1n) is 9.78. The number of para-hydroxylation sites is 2. The predicted molar refractivity (Wildman–Crippen MR) is 117 cm³/mol. The summed E-state index contributed by atoms with van der Waals surface area (Å²) in [7, 11) is 0. The molecule has 1 N–H and O–H groups in total. The summed E-state index contributed by atoms with van der Waals surface area (Å²) in [4.78, 5) is 23.7. The first-order chi connectivity index (χ1) is 15.1. The summed E-state index contributed by atoms with van der Waals surface area (Å²) in [5.41, 5.74) is 1.64. The van der Waals surface area contributed by atoms with Crippen molar-refractivity contribution in [3.05, 3.63) is 100 Å². The lowest BCUT2D eigenvalue weighted by Gasteiger charge is -2.26. The maximum atomic E-state index is 13.0. The smallest absolute Gasteiger partial charge is 0.270 e. The van der Waals surface area contributed by atoms with Crippen LogP contribution >= 0.6 is 0 Å². The van der Waals surface area contributed by atoms with Gasteiger partial charge in [-0.25, -0.2) is 0 Å². The number of nitrogens with one attached hydrogen (secondary N) is 1. The Hall–Kier alpha value is -4.13. The monoisotopic (exact) mass is 416 g/mol. The minimum atomic E-state index is -0.460. The first-order valence-corrected chi connectivity index (χ1v) is 9.78. The molecule has 0 spiro atoms. The van der Waals surface area contributed by atoms with Crippen LogP contribution in [0.1, 0.15) is 11.1 Å². The lowest BCUT2D eigenvalue weighted by molar-refractivity contribution is -0.384. The van der Waals surface area contributed by atoms with E-state index >= 15 is 0 Å². The number of nitro benzene ring substituents is 1. The Morgan fingerprint density at radius 3 is 2.55 bits per heavy atom. The van der Waals surface area contributed by atoms with Gasteiger partial charge in [-0.05, 0) is 29.3 Å². The van der Waals surface area contributed by atoms with Crippen molar-refractivity contribution < 1.29 is 19.2 Å². The minimum absolute atomic E-state index is 0.0343. The largest absolute Gasteiger partial charge is 0.486 e. The molecular weight excluding hydrogens is 396 g/mol. The molecule has 156 valence electrons. The lowest BCUT2D eigenvalue weighted by atomic mass is 10.0. The number of amides is 1. The molecule has 0 fully saturated rings. The van der Waals surface area contributed by atoms with E-state index in [2.05, 4.69) is 5.32 Å². The van der Waals surface area contributed by atoms with Crippen LogP contribution in [0.25, 0.3) is 11.6 Å². The molecule has 31 heavy (non-hydrogen) atoms. The standard InChI is InChI=1S/C24H20N2O5/c27-24(25-15-20-16-30-22-11-4-5-12-23(22)31-20)21(18-8-2-1-3-9-18)14-17-7-6-10-19(13-17)26(28)29/h1-14,20H,15-16H2,(H,25,27)/b21-14+. The summed E-state index contributed by atoms with van der Waals surface area (Å²) >= 11 is 0. The topological polar surface area (TPSA) is 90.7 Å². The SMILES string of the molecule is O=C(NCC1COc2ccccc2O1)/C(=C/c1cccc([N+](=O)[O-])c1)c1ccccc1. The van der Waals surface area contributed by atoms with Crippen LogP contribution in [0.3, 0.4) is 0 Å². The highest BCUT2D eigenvalue weighted by Crippen LogP contribution is 2.30. The molecule has 1 heterocycles. The molecule has 0 aliphatic carbocycles. The Morgan fingerprint density at radius 1 is 1.03 bits per heavy atom. The van der Waals surface area contributed by atoms with Gasteiger partial charge in [-0.2, -0.15) is 0 Å². The number of benzene rings is 3. The summed E-state index contributed by atoms with van der Waals surface area (Å²) in [5.74, 6) is 1.02. The molecular formula is C24H20N2O5. The molecule has 0 radical (unpaired) electrons. The first kappa shape index (κ1) is 20.2. The molecule has 0 aromatic heterocycles. The Bertz CT molecular complexity index is 1130. The number of hydrogen-bond donors (Lipinski definition) is 1. The third kappa shape index (κ3) is 4.90. The second-order valence-electron chi connectivity index (χ2n) is 6.98. The molecule has 0 saturated carbocycles. The van der Waals surface area contributed by atoms with E-state index in [-0.39, 0.29) is 24.2 Å². The van der Waals surface area contributed by atoms with Crippen LogP contribution in [-0.2, 0) is 4.79 Å². The van der Waals surface area contributed by atoms with E-state index in [0.717, 1.165) is 0 Å². The molecule has 1 unspecified atom stereocenters. The summed E-state index contributed by atoms with van der Waals surface area (Å²) in [6.07, 6.45) is 1.32. The highest BCUT2D eigenvalue weighted by Gasteiger charge is 2.22. The van der Waals surface area contributed by atoms with Gasteiger partial charge >= 0.3 is 0 Å². The van der Waals surface area contributed by atoms with E-state index in [0.29, 0.717) is 34.8 Å². The minimum Gasteiger partial charge on any atom is -0.486 e. The zero-order chi connectivity index (χ0) is 21.6. The van der Waals surface area contributed by atoms with E-state index in [1.807, 2.05) is 54.6 Å². The van der Waals surface area contributed by atoms with Crippen molar-refractivity contribution in [1.29, 1.82) is 0 Å². The second kappa shape index (κ2) is 9.13. The van der Waals surface area contributed by atoms with Crippen molar-refractivity contribution >= 4 is 23.2 Å². The highest BCUT2D eigenvalue weighted by atomic mass is 16.6. The van der Waals surface area contributed by atoms with E-state index in [9.17, 15) is 14.9 Å². The normalized spacial score (nSPS) is 15.2. The lowest BCUT2D eigenvalue weighted by Crippen LogP contribution is -2.41. The van der Waals surface area contributed by atoms with Gasteiger partial charge in [0.1, 0.15) is 12.7 Å². The maximum Gasteiger partial charge on any atom is 0.270 e. The van der Waals surface area contributed by atoms with Crippen LogP contribution in [0, 0.1) is 10.1 Å². The Kier molecular flexibility index (Phi) is 5.93. The molecule has 3 aromatic rings. The third-order valence-corrected chi connectivity index (χ3v) is 4.78. The fourth-order valence-corrected chi connectivity index (χ4v) is 3.26. The average Bonchev–Trinajstić information content (AvgIpc) is 2.81.